The maximum absolute atomic E-state index is 11.6. The van der Waals surface area contributed by atoms with E-state index in [1.807, 2.05) is 0 Å². The predicted octanol–water partition coefficient (Wildman–Crippen LogP) is 3.30. The van der Waals surface area contributed by atoms with Crippen LogP contribution in [0, 0.1) is 16.7 Å². The topological polar surface area (TPSA) is 62.4 Å². The quantitative estimate of drug-likeness (QED) is 0.806. The van der Waals surface area contributed by atoms with E-state index in [0.29, 0.717) is 6.42 Å². The highest BCUT2D eigenvalue weighted by Crippen LogP contribution is 2.85. The van der Waals surface area contributed by atoms with Crippen molar-refractivity contribution in [2.24, 2.45) is 16.7 Å². The van der Waals surface area contributed by atoms with Crippen LogP contribution in [-0.4, -0.2) is 22.7 Å². The smallest absolute Gasteiger partial charge is 0.315 e. The van der Waals surface area contributed by atoms with E-state index in [1.54, 1.807) is 6.92 Å². The second-order valence-electron chi connectivity index (χ2n) is 7.84. The van der Waals surface area contributed by atoms with Gasteiger partial charge in [-0.05, 0) is 32.1 Å². The van der Waals surface area contributed by atoms with Crippen molar-refractivity contribution in [3.8, 4) is 0 Å². The number of hydrogen-bond acceptors (Lipinski definition) is 3. The van der Waals surface area contributed by atoms with Crippen molar-refractivity contribution in [3.05, 3.63) is 0 Å². The van der Waals surface area contributed by atoms with Crippen LogP contribution in [0.1, 0.15) is 65.2 Å². The third-order valence-electron chi connectivity index (χ3n) is 6.56. The van der Waals surface area contributed by atoms with Gasteiger partial charge in [-0.3, -0.25) is 4.79 Å². The Morgan fingerprint density at radius 2 is 1.75 bits per heavy atom. The summed E-state index contributed by atoms with van der Waals surface area (Å²) < 4.78 is 11.7. The summed E-state index contributed by atoms with van der Waals surface area (Å²) in [5, 5.41) is 9.51. The third kappa shape index (κ3) is 1.28. The van der Waals surface area contributed by atoms with Crippen molar-refractivity contribution in [3.63, 3.8) is 0 Å². The van der Waals surface area contributed by atoms with E-state index in [4.69, 9.17) is 9.47 Å². The summed E-state index contributed by atoms with van der Waals surface area (Å²) in [5.41, 5.74) is -0.858. The lowest BCUT2D eigenvalue weighted by Crippen LogP contribution is -2.44. The summed E-state index contributed by atoms with van der Waals surface area (Å²) >= 11 is 0. The zero-order valence-corrected chi connectivity index (χ0v) is 12.4. The molecule has 2 saturated heterocycles. The number of hydrogen-bond donors (Lipinski definition) is 1. The molecule has 4 fully saturated rings. The molecule has 2 aliphatic heterocycles. The average molecular weight is 280 g/mol. The van der Waals surface area contributed by atoms with E-state index < -0.39 is 23.0 Å². The zero-order chi connectivity index (χ0) is 14.2. The van der Waals surface area contributed by atoms with E-state index in [2.05, 4.69) is 6.92 Å². The van der Waals surface area contributed by atoms with Gasteiger partial charge in [-0.1, -0.05) is 39.0 Å². The first kappa shape index (κ1) is 13.1. The van der Waals surface area contributed by atoms with Gasteiger partial charge in [-0.15, -0.1) is 0 Å². The summed E-state index contributed by atoms with van der Waals surface area (Å²) in [5.74, 6) is -1.38. The van der Waals surface area contributed by atoms with Crippen LogP contribution in [0.3, 0.4) is 0 Å². The maximum atomic E-state index is 11.6. The highest BCUT2D eigenvalue weighted by molar-refractivity contribution is 5.78. The fourth-order valence-corrected chi connectivity index (χ4v) is 4.96. The van der Waals surface area contributed by atoms with Gasteiger partial charge in [-0.25, -0.2) is 0 Å². The average Bonchev–Trinajstić information content (AvgIpc) is 3.23. The van der Waals surface area contributed by atoms with Crippen LogP contribution in [0.15, 0.2) is 0 Å². The minimum atomic E-state index is -0.862. The Labute approximate surface area is 119 Å². The monoisotopic (exact) mass is 280 g/mol. The molecule has 2 heterocycles. The van der Waals surface area contributed by atoms with E-state index in [0.717, 1.165) is 18.8 Å². The lowest BCUT2D eigenvalue weighted by molar-refractivity contribution is -0.178. The van der Waals surface area contributed by atoms with Gasteiger partial charge in [-0.2, -0.15) is 0 Å². The second-order valence-corrected chi connectivity index (χ2v) is 7.84. The summed E-state index contributed by atoms with van der Waals surface area (Å²) in [7, 11) is 0. The van der Waals surface area contributed by atoms with Crippen molar-refractivity contribution in [2.75, 3.05) is 0 Å². The van der Waals surface area contributed by atoms with Gasteiger partial charge in [0.05, 0.1) is 0 Å². The van der Waals surface area contributed by atoms with Gasteiger partial charge in [0, 0.05) is 5.41 Å². The van der Waals surface area contributed by atoms with Crippen molar-refractivity contribution in [2.45, 2.75) is 76.8 Å². The van der Waals surface area contributed by atoms with Crippen LogP contribution in [0.2, 0.25) is 0 Å². The number of ether oxygens (including phenoxy) is 2. The minimum Gasteiger partial charge on any atom is -0.481 e. The second kappa shape index (κ2) is 3.58. The standard InChI is InChI=1S/C16H24O4/c1-13(10-11-6-4-3-5-7-11)8-9-14(2,12(17)18)16-15(13,19-16)20-16/h11H,3-10H2,1-2H3,(H,17,18)/t13-,14+,15?,16?/m0/s1. The van der Waals surface area contributed by atoms with Crippen molar-refractivity contribution >= 4 is 5.97 Å². The fourth-order valence-electron chi connectivity index (χ4n) is 4.96. The molecule has 4 nitrogen and oxygen atoms in total. The molecular weight excluding hydrogens is 256 g/mol. The summed E-state index contributed by atoms with van der Waals surface area (Å²) in [6.07, 6.45) is 9.36. The van der Waals surface area contributed by atoms with Gasteiger partial charge in [0.15, 0.2) is 0 Å². The molecule has 0 amide bonds. The molecule has 2 aliphatic carbocycles. The lowest BCUT2D eigenvalue weighted by Gasteiger charge is -2.37. The number of aliphatic carboxylic acids is 1. The number of carboxylic acids is 1. The van der Waals surface area contributed by atoms with Gasteiger partial charge >= 0.3 is 5.97 Å². The molecule has 112 valence electrons. The highest BCUT2D eigenvalue weighted by atomic mass is 17.1. The molecular formula is C16H24O4. The van der Waals surface area contributed by atoms with Crippen LogP contribution >= 0.6 is 0 Å². The van der Waals surface area contributed by atoms with E-state index in [1.165, 1.54) is 32.1 Å². The van der Waals surface area contributed by atoms with Crippen molar-refractivity contribution in [1.82, 2.24) is 0 Å². The van der Waals surface area contributed by atoms with E-state index in [-0.39, 0.29) is 5.41 Å². The first-order valence-corrected chi connectivity index (χ1v) is 8.03. The Balaban J connectivity index is 1.54. The summed E-state index contributed by atoms with van der Waals surface area (Å²) in [4.78, 5) is 11.6. The third-order valence-corrected chi connectivity index (χ3v) is 6.56. The molecule has 0 aromatic carbocycles. The van der Waals surface area contributed by atoms with Crippen LogP contribution in [0.4, 0.5) is 0 Å². The maximum Gasteiger partial charge on any atom is 0.315 e. The summed E-state index contributed by atoms with van der Waals surface area (Å²) in [6.45, 7) is 4.03. The molecule has 2 saturated carbocycles. The molecule has 0 bridgehead atoms. The molecule has 2 atom stereocenters. The first-order valence-electron chi connectivity index (χ1n) is 8.03. The van der Waals surface area contributed by atoms with E-state index in [9.17, 15) is 9.90 Å². The number of carboxylic acid groups (broad SMARTS) is 1. The Kier molecular flexibility index (Phi) is 2.34. The highest BCUT2D eigenvalue weighted by Gasteiger charge is 3.03. The minimum absolute atomic E-state index is 0.00394. The molecule has 1 N–H and O–H groups in total. The largest absolute Gasteiger partial charge is 0.481 e. The molecule has 0 spiro atoms. The van der Waals surface area contributed by atoms with Crippen molar-refractivity contribution < 1.29 is 19.4 Å². The molecule has 0 aromatic heterocycles. The van der Waals surface area contributed by atoms with Gasteiger partial charge in [0.25, 0.3) is 0 Å². The molecule has 0 aromatic rings. The SMILES string of the molecule is C[C@@]1(CC2CCCCC2)CC[C@](C)(C(=O)O)C23OC21O3. The number of epoxide rings is 2. The number of rotatable bonds is 3. The molecule has 4 aliphatic rings. The Bertz CT molecular complexity index is 461. The van der Waals surface area contributed by atoms with Crippen LogP contribution in [0.25, 0.3) is 0 Å². The normalized spacial score (nSPS) is 53.9. The Morgan fingerprint density at radius 1 is 1.10 bits per heavy atom. The van der Waals surface area contributed by atoms with Crippen molar-refractivity contribution in [1.29, 1.82) is 0 Å². The van der Waals surface area contributed by atoms with Crippen LogP contribution in [-0.2, 0) is 14.3 Å². The Hall–Kier alpha value is -0.610. The first-order chi connectivity index (χ1) is 9.39. The lowest BCUT2D eigenvalue weighted by atomic mass is 9.61. The molecule has 0 radical (unpaired) electrons. The van der Waals surface area contributed by atoms with Crippen LogP contribution < -0.4 is 0 Å². The molecule has 20 heavy (non-hydrogen) atoms. The molecule has 0 unspecified atom stereocenters. The predicted molar refractivity (Wildman–Crippen MR) is 71.9 cm³/mol. The zero-order valence-electron chi connectivity index (χ0n) is 12.4. The van der Waals surface area contributed by atoms with Crippen LogP contribution in [0.5, 0.6) is 0 Å². The fraction of sp³-hybridized carbons (Fsp3) is 0.938. The molecule has 4 heteroatoms. The van der Waals surface area contributed by atoms with E-state index >= 15 is 0 Å². The van der Waals surface area contributed by atoms with Gasteiger partial charge in [0.2, 0.25) is 11.6 Å². The van der Waals surface area contributed by atoms with Gasteiger partial charge < -0.3 is 14.6 Å². The van der Waals surface area contributed by atoms with Gasteiger partial charge in [0.1, 0.15) is 5.41 Å². The summed E-state index contributed by atoms with van der Waals surface area (Å²) in [6, 6.07) is 0. The Morgan fingerprint density at radius 3 is 2.35 bits per heavy atom. The molecule has 4 rings (SSSR count). The number of carbonyl (C=O) groups is 1.